The molecule has 0 amide bonds. The summed E-state index contributed by atoms with van der Waals surface area (Å²) in [7, 11) is 1.45. The van der Waals surface area contributed by atoms with Crippen LogP contribution in [0.1, 0.15) is 19.3 Å². The number of rotatable bonds is 1. The Kier molecular flexibility index (Phi) is 2.20. The average molecular weight is 182 g/mol. The zero-order valence-corrected chi connectivity index (χ0v) is 7.69. The van der Waals surface area contributed by atoms with Gasteiger partial charge in [0.1, 0.15) is 0 Å². The number of fused-ring (bicyclic) bond motifs is 1. The lowest BCUT2D eigenvalue weighted by Crippen LogP contribution is -2.40. The summed E-state index contributed by atoms with van der Waals surface area (Å²) in [4.78, 5) is 15.6. The number of aliphatic imine (C=N–C) groups is 1. The smallest absolute Gasteiger partial charge is 0.308 e. The van der Waals surface area contributed by atoms with Crippen molar-refractivity contribution in [2.45, 2.75) is 31.3 Å². The van der Waals surface area contributed by atoms with E-state index in [2.05, 4.69) is 10.3 Å². The molecule has 4 heteroatoms. The van der Waals surface area contributed by atoms with Crippen LogP contribution in [0.2, 0.25) is 0 Å². The predicted octanol–water partition coefficient (Wildman–Crippen LogP) is 0.328. The quantitative estimate of drug-likeness (QED) is 0.594. The highest BCUT2D eigenvalue weighted by atomic mass is 16.5. The predicted molar refractivity (Wildman–Crippen MR) is 48.6 cm³/mol. The van der Waals surface area contributed by atoms with Gasteiger partial charge in [-0.1, -0.05) is 0 Å². The van der Waals surface area contributed by atoms with Gasteiger partial charge in [-0.25, -0.2) is 0 Å². The van der Waals surface area contributed by atoms with Crippen molar-refractivity contribution in [1.82, 2.24) is 5.32 Å². The number of hydrogen-bond donors (Lipinski definition) is 1. The van der Waals surface area contributed by atoms with Gasteiger partial charge in [0.2, 0.25) is 0 Å². The van der Waals surface area contributed by atoms with Crippen LogP contribution in [0.5, 0.6) is 0 Å². The molecule has 1 aliphatic carbocycles. The van der Waals surface area contributed by atoms with Crippen molar-refractivity contribution >= 4 is 12.3 Å². The second-order valence-electron chi connectivity index (χ2n) is 3.65. The van der Waals surface area contributed by atoms with E-state index in [9.17, 15) is 4.79 Å². The van der Waals surface area contributed by atoms with Crippen LogP contribution in [-0.2, 0) is 9.53 Å². The number of methoxy groups -OCH3 is 1. The third-order valence-electron chi connectivity index (χ3n) is 2.90. The average Bonchev–Trinajstić information content (AvgIpc) is 2.63. The molecule has 0 unspecified atom stereocenters. The Hall–Kier alpha value is -1.06. The molecule has 72 valence electrons. The molecule has 1 fully saturated rings. The third kappa shape index (κ3) is 1.53. The van der Waals surface area contributed by atoms with Gasteiger partial charge in [-0.2, -0.15) is 0 Å². The van der Waals surface area contributed by atoms with Crippen LogP contribution in [0.25, 0.3) is 0 Å². The van der Waals surface area contributed by atoms with Crippen molar-refractivity contribution in [2.75, 3.05) is 7.11 Å². The first-order valence-corrected chi connectivity index (χ1v) is 4.67. The van der Waals surface area contributed by atoms with E-state index in [-0.39, 0.29) is 11.9 Å². The fourth-order valence-corrected chi connectivity index (χ4v) is 2.13. The second-order valence-corrected chi connectivity index (χ2v) is 3.65. The number of ether oxygens (including phenoxy) is 1. The summed E-state index contributed by atoms with van der Waals surface area (Å²) in [5, 5.41) is 3.17. The first-order chi connectivity index (χ1) is 6.31. The molecule has 0 aromatic carbocycles. The van der Waals surface area contributed by atoms with Crippen LogP contribution in [0, 0.1) is 5.92 Å². The minimum absolute atomic E-state index is 0.0699. The van der Waals surface area contributed by atoms with E-state index in [4.69, 9.17) is 4.74 Å². The molecule has 1 aliphatic heterocycles. The van der Waals surface area contributed by atoms with E-state index < -0.39 is 0 Å². The van der Waals surface area contributed by atoms with Crippen molar-refractivity contribution < 1.29 is 9.53 Å². The van der Waals surface area contributed by atoms with Crippen molar-refractivity contribution in [3.8, 4) is 0 Å². The molecule has 0 bridgehead atoms. The Labute approximate surface area is 77.4 Å². The van der Waals surface area contributed by atoms with Gasteiger partial charge in [0.15, 0.2) is 0 Å². The van der Waals surface area contributed by atoms with Gasteiger partial charge in [0.25, 0.3) is 0 Å². The maximum atomic E-state index is 11.3. The maximum Gasteiger partial charge on any atom is 0.308 e. The summed E-state index contributed by atoms with van der Waals surface area (Å²) in [6, 6.07) is 0.749. The highest BCUT2D eigenvalue weighted by molar-refractivity contribution is 5.72. The molecule has 2 rings (SSSR count). The topological polar surface area (TPSA) is 50.7 Å². The summed E-state index contributed by atoms with van der Waals surface area (Å²) in [5.41, 5.74) is 0. The van der Waals surface area contributed by atoms with Gasteiger partial charge >= 0.3 is 5.97 Å². The first kappa shape index (κ1) is 8.53. The number of esters is 1. The molecule has 0 saturated heterocycles. The molecule has 0 spiro atoms. The molecule has 0 radical (unpaired) electrons. The maximum absolute atomic E-state index is 11.3. The minimum Gasteiger partial charge on any atom is -0.469 e. The molecular weight excluding hydrogens is 168 g/mol. The first-order valence-electron chi connectivity index (χ1n) is 4.67. The largest absolute Gasteiger partial charge is 0.469 e. The molecule has 1 N–H and O–H groups in total. The third-order valence-corrected chi connectivity index (χ3v) is 2.90. The van der Waals surface area contributed by atoms with E-state index in [0.29, 0.717) is 12.1 Å². The molecule has 3 atom stereocenters. The van der Waals surface area contributed by atoms with Gasteiger partial charge < -0.3 is 10.1 Å². The fourth-order valence-electron chi connectivity index (χ4n) is 2.13. The monoisotopic (exact) mass is 182 g/mol. The summed E-state index contributed by atoms with van der Waals surface area (Å²) in [5.74, 6) is -0.00685. The summed E-state index contributed by atoms with van der Waals surface area (Å²) >= 11 is 0. The second kappa shape index (κ2) is 3.36. The Morgan fingerprint density at radius 1 is 1.62 bits per heavy atom. The van der Waals surface area contributed by atoms with E-state index in [1.165, 1.54) is 7.11 Å². The van der Waals surface area contributed by atoms with Gasteiger partial charge in [-0.3, -0.25) is 9.79 Å². The van der Waals surface area contributed by atoms with Gasteiger partial charge in [-0.05, 0) is 19.3 Å². The van der Waals surface area contributed by atoms with E-state index in [1.807, 2.05) is 0 Å². The Morgan fingerprint density at radius 3 is 3.23 bits per heavy atom. The van der Waals surface area contributed by atoms with Crippen molar-refractivity contribution in [3.05, 3.63) is 0 Å². The van der Waals surface area contributed by atoms with Gasteiger partial charge in [-0.15, -0.1) is 0 Å². The van der Waals surface area contributed by atoms with Crippen LogP contribution in [0.15, 0.2) is 4.99 Å². The number of hydrogen-bond acceptors (Lipinski definition) is 4. The number of carbonyl (C=O) groups is 1. The van der Waals surface area contributed by atoms with Crippen molar-refractivity contribution in [2.24, 2.45) is 10.9 Å². The van der Waals surface area contributed by atoms with Gasteiger partial charge in [0, 0.05) is 0 Å². The fraction of sp³-hybridized carbons (Fsp3) is 0.778. The summed E-state index contributed by atoms with van der Waals surface area (Å²) < 4.78 is 4.73. The van der Waals surface area contributed by atoms with Crippen LogP contribution >= 0.6 is 0 Å². The molecular formula is C9H14N2O2. The summed E-state index contributed by atoms with van der Waals surface area (Å²) in [6.07, 6.45) is 4.52. The Morgan fingerprint density at radius 2 is 2.46 bits per heavy atom. The highest BCUT2D eigenvalue weighted by Gasteiger charge is 2.35. The zero-order chi connectivity index (χ0) is 9.26. The number of nitrogens with zero attached hydrogens (tertiary/aromatic N) is 1. The molecule has 13 heavy (non-hydrogen) atoms. The van der Waals surface area contributed by atoms with Crippen LogP contribution in [0.4, 0.5) is 0 Å². The van der Waals surface area contributed by atoms with Crippen LogP contribution < -0.4 is 5.32 Å². The summed E-state index contributed by atoms with van der Waals surface area (Å²) in [6.45, 7) is 0. The lowest BCUT2D eigenvalue weighted by Gasteiger charge is -2.28. The number of nitrogens with one attached hydrogen (secondary N) is 1. The zero-order valence-electron chi connectivity index (χ0n) is 7.69. The van der Waals surface area contributed by atoms with E-state index in [0.717, 1.165) is 19.3 Å². The minimum atomic E-state index is -0.0767. The van der Waals surface area contributed by atoms with Gasteiger partial charge in [0.05, 0.1) is 31.4 Å². The van der Waals surface area contributed by atoms with Crippen molar-refractivity contribution in [3.63, 3.8) is 0 Å². The SMILES string of the molecule is COC(=O)[C@@H]1CC[C@@H]2N=CN[C@H]2C1. The lowest BCUT2D eigenvalue weighted by atomic mass is 9.83. The highest BCUT2D eigenvalue weighted by Crippen LogP contribution is 2.28. The molecule has 1 saturated carbocycles. The molecule has 0 aromatic rings. The molecule has 4 nitrogen and oxygen atoms in total. The molecule has 2 aliphatic rings. The normalized spacial score (nSPS) is 36.5. The van der Waals surface area contributed by atoms with Crippen LogP contribution in [-0.4, -0.2) is 31.5 Å². The van der Waals surface area contributed by atoms with E-state index in [1.54, 1.807) is 6.34 Å². The van der Waals surface area contributed by atoms with E-state index >= 15 is 0 Å². The Bertz CT molecular complexity index is 240. The molecule has 1 heterocycles. The van der Waals surface area contributed by atoms with Crippen LogP contribution in [0.3, 0.4) is 0 Å². The molecule has 0 aromatic heterocycles. The lowest BCUT2D eigenvalue weighted by molar-refractivity contribution is -0.146. The number of carbonyl (C=O) groups excluding carboxylic acids is 1. The van der Waals surface area contributed by atoms with Crippen molar-refractivity contribution in [1.29, 1.82) is 0 Å². The standard InChI is InChI=1S/C9H14N2O2/c1-13-9(12)6-2-3-7-8(4-6)11-5-10-7/h5-8H,2-4H2,1H3,(H,10,11)/t6-,7+,8+/m1/s1. The Balaban J connectivity index is 1.95.